The predicted octanol–water partition coefficient (Wildman–Crippen LogP) is 2.83. The van der Waals surface area contributed by atoms with Gasteiger partial charge in [-0.05, 0) is 58.5 Å². The Labute approximate surface area is 131 Å². The molecule has 1 fully saturated rings. The molecule has 118 valence electrons. The molecular weight excluding hydrogens is 282 g/mol. The maximum Gasteiger partial charge on any atom is 0.221 e. The summed E-state index contributed by atoms with van der Waals surface area (Å²) in [7, 11) is 0. The van der Waals surface area contributed by atoms with Crippen molar-refractivity contribution in [3.63, 3.8) is 0 Å². The molecule has 0 radical (unpaired) electrons. The summed E-state index contributed by atoms with van der Waals surface area (Å²) in [6, 6.07) is 0. The molecule has 2 atom stereocenters. The van der Waals surface area contributed by atoms with Gasteiger partial charge in [-0.3, -0.25) is 4.79 Å². The summed E-state index contributed by atoms with van der Waals surface area (Å²) in [6.45, 7) is 10.4. The minimum absolute atomic E-state index is 0.130. The zero-order valence-corrected chi connectivity index (χ0v) is 14.3. The molecule has 2 unspecified atom stereocenters. The maximum absolute atomic E-state index is 12.3. The lowest BCUT2D eigenvalue weighted by Crippen LogP contribution is -2.42. The molecule has 5 heteroatoms. The van der Waals surface area contributed by atoms with Gasteiger partial charge in [0.15, 0.2) is 0 Å². The Bertz CT molecular complexity index is 478. The number of nitrogens with zero attached hydrogens (tertiary/aromatic N) is 1. The summed E-state index contributed by atoms with van der Waals surface area (Å²) >= 11 is 1.61. The molecule has 2 heterocycles. The van der Waals surface area contributed by atoms with Crippen LogP contribution in [0.3, 0.4) is 0 Å². The van der Waals surface area contributed by atoms with Crippen molar-refractivity contribution < 1.29 is 4.79 Å². The summed E-state index contributed by atoms with van der Waals surface area (Å²) in [5.74, 6) is 1.17. The van der Waals surface area contributed by atoms with Gasteiger partial charge in [0.2, 0.25) is 5.91 Å². The lowest BCUT2D eigenvalue weighted by atomic mass is 9.85. The van der Waals surface area contributed by atoms with Gasteiger partial charge in [-0.1, -0.05) is 6.92 Å². The lowest BCUT2D eigenvalue weighted by molar-refractivity contribution is -0.124. The summed E-state index contributed by atoms with van der Waals surface area (Å²) < 4.78 is 0. The van der Waals surface area contributed by atoms with Crippen LogP contribution in [0.2, 0.25) is 0 Å². The fraction of sp³-hybridized carbons (Fsp3) is 0.750. The van der Waals surface area contributed by atoms with Crippen molar-refractivity contribution in [3.05, 3.63) is 16.1 Å². The molecule has 1 aliphatic heterocycles. The average molecular weight is 309 g/mol. The third kappa shape index (κ3) is 4.51. The molecule has 1 aliphatic rings. The predicted molar refractivity (Wildman–Crippen MR) is 87.4 cm³/mol. The summed E-state index contributed by atoms with van der Waals surface area (Å²) in [6.07, 6.45) is 3.05. The number of carbonyl (C=O) groups is 1. The van der Waals surface area contributed by atoms with E-state index in [-0.39, 0.29) is 11.4 Å². The van der Waals surface area contributed by atoms with Gasteiger partial charge in [-0.25, -0.2) is 4.98 Å². The van der Waals surface area contributed by atoms with Crippen LogP contribution in [0.25, 0.3) is 0 Å². The molecule has 1 amide bonds. The number of nitrogens with one attached hydrogen (secondary N) is 2. The highest BCUT2D eigenvalue weighted by Crippen LogP contribution is 2.26. The number of aromatic nitrogens is 1. The van der Waals surface area contributed by atoms with Gasteiger partial charge in [-0.2, -0.15) is 0 Å². The Morgan fingerprint density at radius 2 is 2.38 bits per heavy atom. The lowest BCUT2D eigenvalue weighted by Gasteiger charge is -2.29. The Kier molecular flexibility index (Phi) is 5.38. The van der Waals surface area contributed by atoms with Gasteiger partial charge < -0.3 is 10.6 Å². The first-order chi connectivity index (χ1) is 9.88. The molecule has 0 saturated carbocycles. The van der Waals surface area contributed by atoms with E-state index in [2.05, 4.69) is 22.5 Å². The van der Waals surface area contributed by atoms with Crippen LogP contribution in [0.4, 0.5) is 0 Å². The molecule has 0 spiro atoms. The fourth-order valence-electron chi connectivity index (χ4n) is 2.92. The standard InChI is InChI=1S/C16H27N3OS/c1-11(13-6-5-7-17-9-13)8-14(20)19-16(3,4)15-18-12(2)10-21-15/h10-11,13,17H,5-9H2,1-4H3,(H,19,20). The van der Waals surface area contributed by atoms with Gasteiger partial charge in [0.25, 0.3) is 0 Å². The van der Waals surface area contributed by atoms with E-state index in [4.69, 9.17) is 0 Å². The highest BCUT2D eigenvalue weighted by molar-refractivity contribution is 7.09. The third-order valence-electron chi connectivity index (χ3n) is 4.25. The zero-order valence-electron chi connectivity index (χ0n) is 13.5. The van der Waals surface area contributed by atoms with Crippen molar-refractivity contribution in [2.75, 3.05) is 13.1 Å². The number of hydrogen-bond acceptors (Lipinski definition) is 4. The first kappa shape index (κ1) is 16.4. The van der Waals surface area contributed by atoms with Crippen LogP contribution in [-0.2, 0) is 10.3 Å². The van der Waals surface area contributed by atoms with Crippen LogP contribution in [0.15, 0.2) is 5.38 Å². The van der Waals surface area contributed by atoms with E-state index in [0.29, 0.717) is 18.3 Å². The summed E-state index contributed by atoms with van der Waals surface area (Å²) in [5.41, 5.74) is 0.625. The number of hydrogen-bond donors (Lipinski definition) is 2. The monoisotopic (exact) mass is 309 g/mol. The molecule has 0 bridgehead atoms. The van der Waals surface area contributed by atoms with Crippen LogP contribution in [0.1, 0.15) is 50.7 Å². The summed E-state index contributed by atoms with van der Waals surface area (Å²) in [4.78, 5) is 16.8. The van der Waals surface area contributed by atoms with Crippen LogP contribution in [0, 0.1) is 18.8 Å². The minimum atomic E-state index is -0.388. The zero-order chi connectivity index (χ0) is 15.5. The second-order valence-corrected chi connectivity index (χ2v) is 7.61. The van der Waals surface area contributed by atoms with Gasteiger partial charge in [-0.15, -0.1) is 11.3 Å². The maximum atomic E-state index is 12.3. The molecule has 0 aliphatic carbocycles. The van der Waals surface area contributed by atoms with Crippen molar-refractivity contribution in [3.8, 4) is 0 Å². The Morgan fingerprint density at radius 1 is 1.62 bits per heavy atom. The second-order valence-electron chi connectivity index (χ2n) is 6.76. The van der Waals surface area contributed by atoms with Crippen LogP contribution >= 0.6 is 11.3 Å². The average Bonchev–Trinajstić information content (AvgIpc) is 2.86. The van der Waals surface area contributed by atoms with E-state index in [1.165, 1.54) is 12.8 Å². The SMILES string of the molecule is Cc1csc(C(C)(C)NC(=O)CC(C)C2CCCNC2)n1. The molecule has 1 aromatic rings. The number of carbonyl (C=O) groups excluding carboxylic acids is 1. The van der Waals surface area contributed by atoms with Crippen LogP contribution in [-0.4, -0.2) is 24.0 Å². The number of thiazole rings is 1. The first-order valence-electron chi connectivity index (χ1n) is 7.83. The Balaban J connectivity index is 1.88. The molecule has 1 aromatic heterocycles. The van der Waals surface area contributed by atoms with Crippen molar-refractivity contribution in [2.45, 2.75) is 52.5 Å². The van der Waals surface area contributed by atoms with Crippen molar-refractivity contribution in [2.24, 2.45) is 11.8 Å². The molecule has 2 rings (SSSR count). The molecule has 1 saturated heterocycles. The van der Waals surface area contributed by atoms with E-state index in [0.717, 1.165) is 23.8 Å². The number of piperidine rings is 1. The van der Waals surface area contributed by atoms with E-state index in [1.807, 2.05) is 26.2 Å². The number of amides is 1. The first-order valence-corrected chi connectivity index (χ1v) is 8.71. The molecule has 4 nitrogen and oxygen atoms in total. The summed E-state index contributed by atoms with van der Waals surface area (Å²) in [5, 5.41) is 9.57. The van der Waals surface area contributed by atoms with Gasteiger partial charge in [0.05, 0.1) is 5.54 Å². The largest absolute Gasteiger partial charge is 0.345 e. The smallest absolute Gasteiger partial charge is 0.221 e. The number of aryl methyl sites for hydroxylation is 1. The normalized spacial score (nSPS) is 21.0. The van der Waals surface area contributed by atoms with E-state index in [9.17, 15) is 4.79 Å². The van der Waals surface area contributed by atoms with Crippen molar-refractivity contribution in [1.82, 2.24) is 15.6 Å². The van der Waals surface area contributed by atoms with Gasteiger partial charge in [0.1, 0.15) is 5.01 Å². The van der Waals surface area contributed by atoms with Gasteiger partial charge in [0, 0.05) is 17.5 Å². The minimum Gasteiger partial charge on any atom is -0.345 e. The Morgan fingerprint density at radius 3 is 2.95 bits per heavy atom. The van der Waals surface area contributed by atoms with E-state index >= 15 is 0 Å². The topological polar surface area (TPSA) is 54.0 Å². The van der Waals surface area contributed by atoms with Crippen molar-refractivity contribution >= 4 is 17.2 Å². The molecule has 2 N–H and O–H groups in total. The highest BCUT2D eigenvalue weighted by atomic mass is 32.1. The van der Waals surface area contributed by atoms with Crippen molar-refractivity contribution in [1.29, 1.82) is 0 Å². The molecule has 21 heavy (non-hydrogen) atoms. The quantitative estimate of drug-likeness (QED) is 0.879. The van der Waals surface area contributed by atoms with Crippen LogP contribution in [0.5, 0.6) is 0 Å². The Hall–Kier alpha value is -0.940. The van der Waals surface area contributed by atoms with E-state index < -0.39 is 0 Å². The fourth-order valence-corrected chi connectivity index (χ4v) is 3.79. The van der Waals surface area contributed by atoms with Gasteiger partial charge >= 0.3 is 0 Å². The third-order valence-corrected chi connectivity index (χ3v) is 5.54. The highest BCUT2D eigenvalue weighted by Gasteiger charge is 2.28. The van der Waals surface area contributed by atoms with E-state index in [1.54, 1.807) is 11.3 Å². The molecular formula is C16H27N3OS. The second kappa shape index (κ2) is 6.88. The number of rotatable bonds is 5. The molecule has 0 aromatic carbocycles. The van der Waals surface area contributed by atoms with Crippen LogP contribution < -0.4 is 10.6 Å².